The summed E-state index contributed by atoms with van der Waals surface area (Å²) in [6.45, 7) is 3.14. The lowest BCUT2D eigenvalue weighted by molar-refractivity contribution is 0.171. The monoisotopic (exact) mass is 255 g/mol. The third kappa shape index (κ3) is 2.98. The van der Waals surface area contributed by atoms with Crippen molar-refractivity contribution in [1.29, 1.82) is 0 Å². The van der Waals surface area contributed by atoms with E-state index in [0.29, 0.717) is 24.7 Å². The van der Waals surface area contributed by atoms with E-state index in [1.54, 1.807) is 0 Å². The second kappa shape index (κ2) is 5.51. The van der Waals surface area contributed by atoms with Crippen molar-refractivity contribution >= 4 is 10.8 Å². The molecular weight excluding hydrogens is 238 g/mol. The largest absolute Gasteiger partial charge is 0.486 e. The van der Waals surface area contributed by atoms with Gasteiger partial charge in [0.25, 0.3) is 0 Å². The molecule has 0 aromatic heterocycles. The summed E-state index contributed by atoms with van der Waals surface area (Å²) in [6.07, 6.45) is 0. The first kappa shape index (κ1) is 12.4. The molecule has 0 fully saturated rings. The van der Waals surface area contributed by atoms with E-state index in [4.69, 9.17) is 9.47 Å². The summed E-state index contributed by atoms with van der Waals surface area (Å²) < 4.78 is 23.0. The summed E-state index contributed by atoms with van der Waals surface area (Å²) in [7, 11) is 0.857. The normalized spacial score (nSPS) is 17.5. The molecule has 0 spiro atoms. The molecule has 0 amide bonds. The topological polar surface area (TPSA) is 47.6 Å². The highest BCUT2D eigenvalue weighted by Crippen LogP contribution is 2.31. The van der Waals surface area contributed by atoms with Gasteiger partial charge in [-0.25, -0.2) is 0 Å². The molecule has 4 nitrogen and oxygen atoms in total. The van der Waals surface area contributed by atoms with E-state index in [9.17, 15) is 4.21 Å². The van der Waals surface area contributed by atoms with Gasteiger partial charge in [-0.15, -0.1) is 0 Å². The van der Waals surface area contributed by atoms with E-state index in [0.717, 1.165) is 10.6 Å². The Balaban J connectivity index is 2.13. The third-order valence-corrected chi connectivity index (χ3v) is 4.25. The Kier molecular flexibility index (Phi) is 4.02. The number of rotatable bonds is 4. The minimum atomic E-state index is -1.01. The number of ether oxygens (including phenoxy) is 2. The van der Waals surface area contributed by atoms with Crippen molar-refractivity contribution < 1.29 is 13.7 Å². The summed E-state index contributed by atoms with van der Waals surface area (Å²) in [4.78, 5) is 0.788. The highest BCUT2D eigenvalue weighted by Gasteiger charge is 2.15. The van der Waals surface area contributed by atoms with Gasteiger partial charge in [-0.05, 0) is 26.1 Å². The summed E-state index contributed by atoms with van der Waals surface area (Å²) in [5, 5.41) is 3.08. The molecule has 0 radical (unpaired) electrons. The minimum Gasteiger partial charge on any atom is -0.486 e. The van der Waals surface area contributed by atoms with Gasteiger partial charge in [0.2, 0.25) is 0 Å². The van der Waals surface area contributed by atoms with Gasteiger partial charge in [-0.2, -0.15) is 0 Å². The van der Waals surface area contributed by atoms with Gasteiger partial charge in [0.1, 0.15) is 13.2 Å². The first-order valence-electron chi connectivity index (χ1n) is 5.66. The zero-order valence-electron chi connectivity index (χ0n) is 10.1. The summed E-state index contributed by atoms with van der Waals surface area (Å²) >= 11 is 0. The highest BCUT2D eigenvalue weighted by atomic mass is 32.2. The molecule has 17 heavy (non-hydrogen) atoms. The number of fused-ring (bicyclic) bond motifs is 1. The molecule has 2 rings (SSSR count). The Morgan fingerprint density at radius 2 is 2.06 bits per heavy atom. The minimum absolute atomic E-state index is 0.226. The fourth-order valence-electron chi connectivity index (χ4n) is 1.57. The zero-order chi connectivity index (χ0) is 12.3. The molecule has 0 bridgehead atoms. The standard InChI is InChI=1S/C12H17NO3S/c1-9(13-2)8-17(14)10-3-4-11-12(7-10)16-6-5-15-11/h3-4,7,9,13H,5-6,8H2,1-2H3. The average Bonchev–Trinajstić information content (AvgIpc) is 2.38. The Labute approximate surface area is 104 Å². The molecular formula is C12H17NO3S. The van der Waals surface area contributed by atoms with Crippen LogP contribution in [0.4, 0.5) is 0 Å². The molecule has 1 aliphatic heterocycles. The number of hydrogen-bond donors (Lipinski definition) is 1. The quantitative estimate of drug-likeness (QED) is 0.877. The van der Waals surface area contributed by atoms with Gasteiger partial charge >= 0.3 is 0 Å². The van der Waals surface area contributed by atoms with Crippen LogP contribution in [0.25, 0.3) is 0 Å². The molecule has 0 saturated heterocycles. The van der Waals surface area contributed by atoms with Gasteiger partial charge in [0.05, 0.1) is 10.8 Å². The second-order valence-corrected chi connectivity index (χ2v) is 5.50. The molecule has 0 saturated carbocycles. The van der Waals surface area contributed by atoms with Crippen molar-refractivity contribution in [2.75, 3.05) is 26.0 Å². The van der Waals surface area contributed by atoms with E-state index in [1.807, 2.05) is 32.2 Å². The molecule has 0 aliphatic carbocycles. The Hall–Kier alpha value is -1.07. The zero-order valence-corrected chi connectivity index (χ0v) is 10.9. The number of nitrogens with one attached hydrogen (secondary N) is 1. The molecule has 5 heteroatoms. The SMILES string of the molecule is CNC(C)CS(=O)c1ccc2c(c1)OCCO2. The maximum absolute atomic E-state index is 12.1. The van der Waals surface area contributed by atoms with Crippen LogP contribution in [-0.4, -0.2) is 36.3 Å². The molecule has 1 heterocycles. The third-order valence-electron chi connectivity index (χ3n) is 2.67. The van der Waals surface area contributed by atoms with Crippen molar-refractivity contribution in [3.05, 3.63) is 18.2 Å². The molecule has 1 aromatic rings. The smallest absolute Gasteiger partial charge is 0.162 e. The maximum atomic E-state index is 12.1. The molecule has 94 valence electrons. The molecule has 1 aliphatic rings. The molecule has 2 atom stereocenters. The van der Waals surface area contributed by atoms with Crippen LogP contribution in [0, 0.1) is 0 Å². The number of benzene rings is 1. The van der Waals surface area contributed by atoms with Gasteiger partial charge in [-0.1, -0.05) is 0 Å². The average molecular weight is 255 g/mol. The summed E-state index contributed by atoms with van der Waals surface area (Å²) in [5.41, 5.74) is 0. The Morgan fingerprint density at radius 3 is 2.76 bits per heavy atom. The van der Waals surface area contributed by atoms with Gasteiger partial charge < -0.3 is 14.8 Å². The predicted octanol–water partition coefficient (Wildman–Crippen LogP) is 1.17. The van der Waals surface area contributed by atoms with Crippen molar-refractivity contribution in [3.63, 3.8) is 0 Å². The van der Waals surface area contributed by atoms with Gasteiger partial charge in [0, 0.05) is 22.8 Å². The second-order valence-electron chi connectivity index (χ2n) is 4.01. The van der Waals surface area contributed by atoms with Gasteiger partial charge in [-0.3, -0.25) is 4.21 Å². The van der Waals surface area contributed by atoms with E-state index >= 15 is 0 Å². The maximum Gasteiger partial charge on any atom is 0.162 e. The molecule has 2 unspecified atom stereocenters. The van der Waals surface area contributed by atoms with Crippen LogP contribution in [0.1, 0.15) is 6.92 Å². The van der Waals surface area contributed by atoms with Crippen LogP contribution >= 0.6 is 0 Å². The Morgan fingerprint density at radius 1 is 1.35 bits per heavy atom. The predicted molar refractivity (Wildman–Crippen MR) is 67.2 cm³/mol. The summed E-state index contributed by atoms with van der Waals surface area (Å²) in [6, 6.07) is 5.70. The van der Waals surface area contributed by atoms with Crippen molar-refractivity contribution in [2.24, 2.45) is 0 Å². The highest BCUT2D eigenvalue weighted by molar-refractivity contribution is 7.85. The summed E-state index contributed by atoms with van der Waals surface area (Å²) in [5.74, 6) is 2.02. The van der Waals surface area contributed by atoms with Crippen LogP contribution < -0.4 is 14.8 Å². The lowest BCUT2D eigenvalue weighted by atomic mass is 10.3. The van der Waals surface area contributed by atoms with Crippen LogP contribution in [0.5, 0.6) is 11.5 Å². The van der Waals surface area contributed by atoms with Crippen LogP contribution in [0.15, 0.2) is 23.1 Å². The van der Waals surface area contributed by atoms with Crippen molar-refractivity contribution in [2.45, 2.75) is 17.9 Å². The number of hydrogen-bond acceptors (Lipinski definition) is 4. The van der Waals surface area contributed by atoms with Crippen molar-refractivity contribution in [3.8, 4) is 11.5 Å². The van der Waals surface area contributed by atoms with Crippen LogP contribution in [0.2, 0.25) is 0 Å². The van der Waals surface area contributed by atoms with Crippen molar-refractivity contribution in [1.82, 2.24) is 5.32 Å². The first-order valence-corrected chi connectivity index (χ1v) is 6.98. The van der Waals surface area contributed by atoms with E-state index in [-0.39, 0.29) is 6.04 Å². The van der Waals surface area contributed by atoms with Crippen LogP contribution in [0.3, 0.4) is 0 Å². The lowest BCUT2D eigenvalue weighted by Crippen LogP contribution is -2.27. The Bertz CT molecular complexity index is 422. The van der Waals surface area contributed by atoms with E-state index in [2.05, 4.69) is 5.32 Å². The molecule has 1 aromatic carbocycles. The fraction of sp³-hybridized carbons (Fsp3) is 0.500. The lowest BCUT2D eigenvalue weighted by Gasteiger charge is -2.19. The van der Waals surface area contributed by atoms with E-state index in [1.165, 1.54) is 0 Å². The molecule has 1 N–H and O–H groups in total. The fourth-order valence-corrected chi connectivity index (χ4v) is 2.84. The van der Waals surface area contributed by atoms with Gasteiger partial charge in [0.15, 0.2) is 11.5 Å². The first-order chi connectivity index (χ1) is 8.20. The van der Waals surface area contributed by atoms with Crippen LogP contribution in [-0.2, 0) is 10.8 Å². The van der Waals surface area contributed by atoms with E-state index < -0.39 is 10.8 Å².